The second-order valence-corrected chi connectivity index (χ2v) is 6.69. The largest absolute Gasteiger partial charge is 0.573 e. The van der Waals surface area contributed by atoms with E-state index >= 15 is 0 Å². The van der Waals surface area contributed by atoms with Gasteiger partial charge in [0.15, 0.2) is 0 Å². The van der Waals surface area contributed by atoms with Crippen LogP contribution in [0.25, 0.3) is 0 Å². The van der Waals surface area contributed by atoms with Gasteiger partial charge in [-0.2, -0.15) is 5.10 Å². The van der Waals surface area contributed by atoms with Crippen LogP contribution in [0.3, 0.4) is 0 Å². The van der Waals surface area contributed by atoms with Crippen LogP contribution < -0.4 is 20.8 Å². The van der Waals surface area contributed by atoms with Crippen LogP contribution in [0, 0.1) is 5.82 Å². The van der Waals surface area contributed by atoms with Crippen molar-refractivity contribution in [3.8, 4) is 5.75 Å². The number of carbonyl (C=O) groups is 2. The maximum Gasteiger partial charge on any atom is 0.573 e. The van der Waals surface area contributed by atoms with E-state index in [2.05, 4.69) is 15.2 Å². The van der Waals surface area contributed by atoms with E-state index in [9.17, 15) is 27.2 Å². The Bertz CT molecular complexity index is 975. The predicted molar refractivity (Wildman–Crippen MR) is 104 cm³/mol. The standard InChI is InChI=1S/C20H18F4N4O3/c21-13-3-5-14(6-4-13)28-17(18(25)29)11-16(27-28)19(30)26-10-9-12-1-7-15(8-2-12)31-20(22,23)24/h1-8,17H,9-11H2,(H2,25,29)(H,26,30). The summed E-state index contributed by atoms with van der Waals surface area (Å²) < 4.78 is 53.5. The number of ether oxygens (including phenoxy) is 1. The van der Waals surface area contributed by atoms with Crippen molar-refractivity contribution in [1.29, 1.82) is 0 Å². The Labute approximate surface area is 174 Å². The van der Waals surface area contributed by atoms with Gasteiger partial charge in [0.1, 0.15) is 23.3 Å². The van der Waals surface area contributed by atoms with Crippen molar-refractivity contribution < 1.29 is 31.9 Å². The van der Waals surface area contributed by atoms with Crippen molar-refractivity contribution in [1.82, 2.24) is 5.32 Å². The number of hydrazone groups is 1. The first kappa shape index (κ1) is 22.1. The minimum absolute atomic E-state index is 0.0119. The number of amides is 2. The molecule has 0 saturated heterocycles. The van der Waals surface area contributed by atoms with E-state index in [0.29, 0.717) is 17.7 Å². The third kappa shape index (κ3) is 5.93. The summed E-state index contributed by atoms with van der Waals surface area (Å²) in [6, 6.07) is 9.64. The lowest BCUT2D eigenvalue weighted by Crippen LogP contribution is -2.40. The summed E-state index contributed by atoms with van der Waals surface area (Å²) in [7, 11) is 0. The van der Waals surface area contributed by atoms with Crippen LogP contribution in [-0.2, 0) is 16.0 Å². The van der Waals surface area contributed by atoms with Crippen LogP contribution in [0.15, 0.2) is 53.6 Å². The van der Waals surface area contributed by atoms with Crippen LogP contribution in [0.4, 0.5) is 23.2 Å². The molecule has 1 aliphatic heterocycles. The minimum Gasteiger partial charge on any atom is -0.406 e. The molecular weight excluding hydrogens is 420 g/mol. The molecule has 3 N–H and O–H groups in total. The average Bonchev–Trinajstić information content (AvgIpc) is 3.14. The van der Waals surface area contributed by atoms with Gasteiger partial charge in [0, 0.05) is 13.0 Å². The molecule has 0 saturated carbocycles. The number of nitrogens with two attached hydrogens (primary N) is 1. The van der Waals surface area contributed by atoms with E-state index in [1.54, 1.807) is 0 Å². The van der Waals surface area contributed by atoms with Gasteiger partial charge in [-0.25, -0.2) is 4.39 Å². The monoisotopic (exact) mass is 438 g/mol. The highest BCUT2D eigenvalue weighted by atomic mass is 19.4. The highest BCUT2D eigenvalue weighted by Crippen LogP contribution is 2.25. The number of hydrogen-bond acceptors (Lipinski definition) is 5. The SMILES string of the molecule is NC(=O)C1CC(C(=O)NCCc2ccc(OC(F)(F)F)cc2)=NN1c1ccc(F)cc1. The molecule has 0 aliphatic carbocycles. The zero-order chi connectivity index (χ0) is 22.6. The molecule has 3 rings (SSSR count). The van der Waals surface area contributed by atoms with Crippen LogP contribution in [0.1, 0.15) is 12.0 Å². The number of nitrogens with one attached hydrogen (secondary N) is 1. The van der Waals surface area contributed by atoms with E-state index in [1.807, 2.05) is 0 Å². The number of anilines is 1. The summed E-state index contributed by atoms with van der Waals surface area (Å²) in [6.45, 7) is 0.190. The van der Waals surface area contributed by atoms with Gasteiger partial charge in [0.05, 0.1) is 5.69 Å². The minimum atomic E-state index is -4.76. The highest BCUT2D eigenvalue weighted by Gasteiger charge is 2.35. The molecular formula is C20H18F4N4O3. The predicted octanol–water partition coefficient (Wildman–Crippen LogP) is 2.50. The van der Waals surface area contributed by atoms with E-state index in [-0.39, 0.29) is 24.4 Å². The van der Waals surface area contributed by atoms with Crippen LogP contribution in [0.2, 0.25) is 0 Å². The van der Waals surface area contributed by atoms with E-state index in [0.717, 1.165) is 0 Å². The molecule has 2 aromatic carbocycles. The zero-order valence-corrected chi connectivity index (χ0v) is 16.0. The summed E-state index contributed by atoms with van der Waals surface area (Å²) in [5.41, 5.74) is 6.59. The van der Waals surface area contributed by atoms with Crippen molar-refractivity contribution in [3.63, 3.8) is 0 Å². The molecule has 0 aromatic heterocycles. The Balaban J connectivity index is 1.58. The Morgan fingerprint density at radius 2 is 1.77 bits per heavy atom. The van der Waals surface area contributed by atoms with Gasteiger partial charge in [-0.05, 0) is 48.4 Å². The van der Waals surface area contributed by atoms with Crippen LogP contribution in [-0.4, -0.2) is 36.5 Å². The number of hydrogen-bond donors (Lipinski definition) is 2. The Morgan fingerprint density at radius 1 is 1.13 bits per heavy atom. The second-order valence-electron chi connectivity index (χ2n) is 6.69. The number of nitrogens with zero attached hydrogens (tertiary/aromatic N) is 2. The maximum atomic E-state index is 13.1. The summed E-state index contributed by atoms with van der Waals surface area (Å²) >= 11 is 0. The topological polar surface area (TPSA) is 97.0 Å². The zero-order valence-electron chi connectivity index (χ0n) is 16.0. The molecule has 1 aliphatic rings. The molecule has 2 amide bonds. The van der Waals surface area contributed by atoms with Crippen molar-refractivity contribution in [2.45, 2.75) is 25.2 Å². The van der Waals surface area contributed by atoms with Crippen LogP contribution >= 0.6 is 0 Å². The third-order valence-electron chi connectivity index (χ3n) is 4.45. The molecule has 1 atom stereocenters. The molecule has 1 heterocycles. The van der Waals surface area contributed by atoms with Gasteiger partial charge in [-0.1, -0.05) is 12.1 Å². The number of rotatable bonds is 7. The molecule has 31 heavy (non-hydrogen) atoms. The Morgan fingerprint density at radius 3 is 2.35 bits per heavy atom. The Hall–Kier alpha value is -3.63. The molecule has 0 spiro atoms. The van der Waals surface area contributed by atoms with Gasteiger partial charge in [0.2, 0.25) is 5.91 Å². The highest BCUT2D eigenvalue weighted by molar-refractivity contribution is 6.40. The quantitative estimate of drug-likeness (QED) is 0.650. The molecule has 7 nitrogen and oxygen atoms in total. The fourth-order valence-corrected chi connectivity index (χ4v) is 2.98. The third-order valence-corrected chi connectivity index (χ3v) is 4.45. The van der Waals surface area contributed by atoms with Crippen molar-refractivity contribution >= 4 is 23.2 Å². The van der Waals surface area contributed by atoms with E-state index < -0.39 is 30.0 Å². The maximum absolute atomic E-state index is 13.1. The summed E-state index contributed by atoms with van der Waals surface area (Å²) in [5.74, 6) is -1.98. The van der Waals surface area contributed by atoms with Crippen molar-refractivity contribution in [2.75, 3.05) is 11.6 Å². The summed E-state index contributed by atoms with van der Waals surface area (Å²) in [4.78, 5) is 24.2. The molecule has 0 bridgehead atoms. The molecule has 2 aromatic rings. The number of halogens is 4. The number of primary amides is 1. The average molecular weight is 438 g/mol. The van der Waals surface area contributed by atoms with Gasteiger partial charge in [-0.15, -0.1) is 13.2 Å². The fourth-order valence-electron chi connectivity index (χ4n) is 2.98. The molecule has 164 valence electrons. The fraction of sp³-hybridized carbons (Fsp3) is 0.250. The lowest BCUT2D eigenvalue weighted by Gasteiger charge is -2.20. The van der Waals surface area contributed by atoms with Crippen molar-refractivity contribution in [2.24, 2.45) is 10.8 Å². The molecule has 0 radical (unpaired) electrons. The molecule has 0 fully saturated rings. The van der Waals surface area contributed by atoms with Gasteiger partial charge in [0.25, 0.3) is 5.91 Å². The van der Waals surface area contributed by atoms with E-state index in [4.69, 9.17) is 5.73 Å². The summed E-state index contributed by atoms with van der Waals surface area (Å²) in [6.07, 6.45) is -4.42. The molecule has 11 heteroatoms. The lowest BCUT2D eigenvalue weighted by molar-refractivity contribution is -0.274. The van der Waals surface area contributed by atoms with Gasteiger partial charge in [-0.3, -0.25) is 14.6 Å². The number of alkyl halides is 3. The smallest absolute Gasteiger partial charge is 0.406 e. The first-order valence-corrected chi connectivity index (χ1v) is 9.17. The number of carbonyl (C=O) groups excluding carboxylic acids is 2. The van der Waals surface area contributed by atoms with Crippen LogP contribution in [0.5, 0.6) is 5.75 Å². The normalized spacial score (nSPS) is 16.1. The van der Waals surface area contributed by atoms with Gasteiger partial charge >= 0.3 is 6.36 Å². The van der Waals surface area contributed by atoms with Gasteiger partial charge < -0.3 is 15.8 Å². The van der Waals surface area contributed by atoms with E-state index in [1.165, 1.54) is 53.5 Å². The second kappa shape index (κ2) is 9.02. The summed E-state index contributed by atoms with van der Waals surface area (Å²) in [5, 5.41) is 8.07. The Kier molecular flexibility index (Phi) is 6.42. The lowest BCUT2D eigenvalue weighted by atomic mass is 10.1. The van der Waals surface area contributed by atoms with Crippen molar-refractivity contribution in [3.05, 3.63) is 59.9 Å². The first-order valence-electron chi connectivity index (χ1n) is 9.17. The first-order chi connectivity index (χ1) is 14.6. The molecule has 1 unspecified atom stereocenters. The number of benzene rings is 2.